The summed E-state index contributed by atoms with van der Waals surface area (Å²) >= 11 is 6.18. The molecule has 32 heavy (non-hydrogen) atoms. The highest BCUT2D eigenvalue weighted by atomic mass is 35.5. The van der Waals surface area contributed by atoms with Crippen LogP contribution in [0.5, 0.6) is 0 Å². The molecule has 4 rings (SSSR count). The van der Waals surface area contributed by atoms with Crippen molar-refractivity contribution in [3.05, 3.63) is 11.5 Å². The van der Waals surface area contributed by atoms with Crippen LogP contribution in [0, 0.1) is 0 Å². The molecule has 1 amide bonds. The van der Waals surface area contributed by atoms with Crippen LogP contribution >= 0.6 is 20.0 Å². The Morgan fingerprint density at radius 2 is 2.09 bits per heavy atom. The number of anilines is 1. The fourth-order valence-corrected chi connectivity index (χ4v) is 4.82. The molecule has 3 unspecified atom stereocenters. The first kappa shape index (κ1) is 23.5. The maximum absolute atomic E-state index is 11.3. The highest BCUT2D eigenvalue weighted by Crippen LogP contribution is 2.36. The van der Waals surface area contributed by atoms with Crippen LogP contribution in [0.4, 0.5) is 5.82 Å². The molecule has 2 aromatic rings. The van der Waals surface area contributed by atoms with Crippen LogP contribution in [0.2, 0.25) is 5.28 Å². The summed E-state index contributed by atoms with van der Waals surface area (Å²) in [5.41, 5.74) is 2.02. The first-order valence-electron chi connectivity index (χ1n) is 10.5. The third kappa shape index (κ3) is 5.45. The number of hydrogen-bond acceptors (Lipinski definition) is 10. The van der Waals surface area contributed by atoms with Crippen molar-refractivity contribution in [1.82, 2.24) is 25.2 Å². The Bertz CT molecular complexity index is 942. The van der Waals surface area contributed by atoms with Crippen LogP contribution in [0.1, 0.15) is 51.2 Å². The third-order valence-electron chi connectivity index (χ3n) is 5.70. The smallest absolute Gasteiger partial charge is 0.246 e. The van der Waals surface area contributed by atoms with E-state index < -0.39 is 26.4 Å². The van der Waals surface area contributed by atoms with E-state index >= 15 is 0 Å². The molecule has 0 bridgehead atoms. The summed E-state index contributed by atoms with van der Waals surface area (Å²) in [5.74, 6) is -1.22. The SMILES string of the molecule is O=C(CC(OCC1CCC(n2ncc3c(NC4CCCC4)nc(Cl)nc32)O1)P(O)O)NO. The zero-order valence-electron chi connectivity index (χ0n) is 17.2. The zero-order valence-corrected chi connectivity index (χ0v) is 18.9. The number of aromatic nitrogens is 4. The number of amides is 1. The van der Waals surface area contributed by atoms with Crippen molar-refractivity contribution in [3.8, 4) is 0 Å². The minimum absolute atomic E-state index is 0.0588. The first-order chi connectivity index (χ1) is 15.4. The lowest BCUT2D eigenvalue weighted by Crippen LogP contribution is -2.28. The van der Waals surface area contributed by atoms with Crippen molar-refractivity contribution < 1.29 is 29.3 Å². The Kier molecular flexibility index (Phi) is 7.72. The number of nitrogens with zero attached hydrogens (tertiary/aromatic N) is 4. The van der Waals surface area contributed by atoms with Gasteiger partial charge in [-0.15, -0.1) is 0 Å². The maximum atomic E-state index is 11.3. The molecule has 2 aliphatic rings. The second-order valence-electron chi connectivity index (χ2n) is 7.93. The number of carbonyl (C=O) groups excluding carboxylic acids is 1. The van der Waals surface area contributed by atoms with E-state index in [1.54, 1.807) is 10.9 Å². The summed E-state index contributed by atoms with van der Waals surface area (Å²) in [6.45, 7) is 0.0588. The van der Waals surface area contributed by atoms with Gasteiger partial charge in [0.2, 0.25) is 11.2 Å². The molecular weight excluding hydrogens is 463 g/mol. The number of halogens is 1. The molecule has 2 fully saturated rings. The standard InChI is InChI=1S/C18H26ClN6O6P/c19-18-22-16(21-10-3-1-2-4-10)12-8-20-25(17(12)23-18)14-6-5-11(31-14)9-30-15(32(28)29)7-13(26)24-27/h8,10-11,14-15,27-29H,1-7,9H2,(H,24,26)(H,21,22,23). The molecular formula is C18H26ClN6O6P. The molecule has 1 saturated carbocycles. The van der Waals surface area contributed by atoms with Gasteiger partial charge in [0.25, 0.3) is 0 Å². The molecule has 176 valence electrons. The van der Waals surface area contributed by atoms with Crippen LogP contribution in [-0.4, -0.2) is 65.2 Å². The maximum Gasteiger partial charge on any atom is 0.246 e. The topological polar surface area (TPSA) is 164 Å². The van der Waals surface area contributed by atoms with Gasteiger partial charge < -0.3 is 24.6 Å². The number of ether oxygens (including phenoxy) is 2. The van der Waals surface area contributed by atoms with E-state index in [0.717, 1.165) is 18.2 Å². The van der Waals surface area contributed by atoms with Gasteiger partial charge in [0.1, 0.15) is 11.7 Å². The average Bonchev–Trinajstić information content (AvgIpc) is 3.51. The van der Waals surface area contributed by atoms with Gasteiger partial charge in [-0.1, -0.05) is 12.8 Å². The van der Waals surface area contributed by atoms with E-state index in [9.17, 15) is 14.6 Å². The molecule has 5 N–H and O–H groups in total. The molecule has 14 heteroatoms. The van der Waals surface area contributed by atoms with Gasteiger partial charge in [-0.05, 0) is 37.3 Å². The van der Waals surface area contributed by atoms with E-state index in [1.165, 1.54) is 18.3 Å². The van der Waals surface area contributed by atoms with E-state index in [0.29, 0.717) is 30.3 Å². The molecule has 0 radical (unpaired) electrons. The Hall–Kier alpha value is -1.66. The van der Waals surface area contributed by atoms with Gasteiger partial charge >= 0.3 is 0 Å². The summed E-state index contributed by atoms with van der Waals surface area (Å²) in [5, 5.41) is 17.4. The van der Waals surface area contributed by atoms with Crippen molar-refractivity contribution >= 4 is 42.7 Å². The lowest BCUT2D eigenvalue weighted by Gasteiger charge is -2.20. The normalized spacial score (nSPS) is 22.7. The van der Waals surface area contributed by atoms with Crippen molar-refractivity contribution in [3.63, 3.8) is 0 Å². The largest absolute Gasteiger partial charge is 0.367 e. The second kappa shape index (κ2) is 10.5. The Morgan fingerprint density at radius 1 is 1.31 bits per heavy atom. The lowest BCUT2D eigenvalue weighted by atomic mass is 10.2. The highest BCUT2D eigenvalue weighted by Gasteiger charge is 2.31. The predicted octanol–water partition coefficient (Wildman–Crippen LogP) is 2.05. The van der Waals surface area contributed by atoms with Gasteiger partial charge in [0, 0.05) is 6.04 Å². The minimum atomic E-state index is -2.51. The Morgan fingerprint density at radius 3 is 2.81 bits per heavy atom. The zero-order chi connectivity index (χ0) is 22.7. The van der Waals surface area contributed by atoms with E-state index in [-0.39, 0.29) is 24.4 Å². The number of fused-ring (bicyclic) bond motifs is 1. The molecule has 3 atom stereocenters. The van der Waals surface area contributed by atoms with Crippen molar-refractivity contribution in [2.24, 2.45) is 0 Å². The molecule has 2 aromatic heterocycles. The van der Waals surface area contributed by atoms with Crippen LogP contribution < -0.4 is 10.8 Å². The first-order valence-corrected chi connectivity index (χ1v) is 12.2. The van der Waals surface area contributed by atoms with Gasteiger partial charge in [-0.2, -0.15) is 15.1 Å². The lowest BCUT2D eigenvalue weighted by molar-refractivity contribution is -0.131. The van der Waals surface area contributed by atoms with Crippen molar-refractivity contribution in [2.45, 2.75) is 69.2 Å². The molecule has 3 heterocycles. The number of nitrogens with one attached hydrogen (secondary N) is 2. The molecule has 1 aliphatic heterocycles. The van der Waals surface area contributed by atoms with Gasteiger partial charge in [-0.25, -0.2) is 10.2 Å². The summed E-state index contributed by atoms with van der Waals surface area (Å²) < 4.78 is 13.2. The van der Waals surface area contributed by atoms with Crippen molar-refractivity contribution in [2.75, 3.05) is 11.9 Å². The van der Waals surface area contributed by atoms with E-state index in [2.05, 4.69) is 20.4 Å². The molecule has 0 aromatic carbocycles. The summed E-state index contributed by atoms with van der Waals surface area (Å²) in [7, 11) is -2.51. The van der Waals surface area contributed by atoms with E-state index in [4.69, 9.17) is 26.3 Å². The van der Waals surface area contributed by atoms with Crippen LogP contribution in [-0.2, 0) is 14.3 Å². The fourth-order valence-electron chi connectivity index (χ4n) is 4.10. The Balaban J connectivity index is 1.42. The monoisotopic (exact) mass is 488 g/mol. The molecule has 12 nitrogen and oxygen atoms in total. The van der Waals surface area contributed by atoms with E-state index in [1.807, 2.05) is 0 Å². The summed E-state index contributed by atoms with van der Waals surface area (Å²) in [6, 6.07) is 0.362. The van der Waals surface area contributed by atoms with Crippen LogP contribution in [0.15, 0.2) is 6.20 Å². The van der Waals surface area contributed by atoms with Crippen LogP contribution in [0.25, 0.3) is 11.0 Å². The molecule has 0 spiro atoms. The molecule has 1 saturated heterocycles. The minimum Gasteiger partial charge on any atom is -0.367 e. The van der Waals surface area contributed by atoms with Crippen LogP contribution in [0.3, 0.4) is 0 Å². The fraction of sp³-hybridized carbons (Fsp3) is 0.667. The summed E-state index contributed by atoms with van der Waals surface area (Å²) in [6.07, 6.45) is 6.46. The number of carbonyl (C=O) groups is 1. The average molecular weight is 489 g/mol. The second-order valence-corrected chi connectivity index (χ2v) is 9.49. The summed E-state index contributed by atoms with van der Waals surface area (Å²) in [4.78, 5) is 38.9. The Labute approximate surface area is 190 Å². The third-order valence-corrected chi connectivity index (χ3v) is 6.71. The highest BCUT2D eigenvalue weighted by molar-refractivity contribution is 7.45. The number of hydroxylamine groups is 1. The van der Waals surface area contributed by atoms with Gasteiger partial charge in [-0.3, -0.25) is 10.0 Å². The van der Waals surface area contributed by atoms with Gasteiger partial charge in [0.05, 0.1) is 30.7 Å². The predicted molar refractivity (Wildman–Crippen MR) is 115 cm³/mol. The van der Waals surface area contributed by atoms with Gasteiger partial charge in [0.15, 0.2) is 20.3 Å². The molecule has 1 aliphatic carbocycles. The number of rotatable bonds is 9. The quantitative estimate of drug-likeness (QED) is 0.153. The number of hydrogen-bond donors (Lipinski definition) is 5. The van der Waals surface area contributed by atoms with Crippen molar-refractivity contribution in [1.29, 1.82) is 0 Å².